The fourth-order valence-electron chi connectivity index (χ4n) is 1.90. The van der Waals surface area contributed by atoms with E-state index < -0.39 is 0 Å². The molecule has 0 aliphatic rings. The summed E-state index contributed by atoms with van der Waals surface area (Å²) in [6, 6.07) is 10.5. The van der Waals surface area contributed by atoms with Gasteiger partial charge in [-0.2, -0.15) is 5.10 Å². The number of aromatic nitrogens is 3. The molecule has 108 valence electrons. The fourth-order valence-corrected chi connectivity index (χ4v) is 4.01. The van der Waals surface area contributed by atoms with Gasteiger partial charge in [-0.1, -0.05) is 12.1 Å². The Labute approximate surface area is 143 Å². The van der Waals surface area contributed by atoms with Crippen molar-refractivity contribution in [3.8, 4) is 0 Å². The van der Waals surface area contributed by atoms with Gasteiger partial charge in [0.25, 0.3) is 0 Å². The van der Waals surface area contributed by atoms with Gasteiger partial charge in [-0.05, 0) is 55.6 Å². The van der Waals surface area contributed by atoms with Crippen molar-refractivity contribution in [2.45, 2.75) is 13.1 Å². The summed E-state index contributed by atoms with van der Waals surface area (Å²) in [7, 11) is 0. The minimum absolute atomic E-state index is 0.741. The van der Waals surface area contributed by atoms with Crippen LogP contribution in [-0.2, 0) is 13.1 Å². The van der Waals surface area contributed by atoms with Crippen molar-refractivity contribution in [2.75, 3.05) is 5.32 Å². The van der Waals surface area contributed by atoms with E-state index in [-0.39, 0.29) is 0 Å². The summed E-state index contributed by atoms with van der Waals surface area (Å²) in [6.45, 7) is 1.56. The molecule has 21 heavy (non-hydrogen) atoms. The lowest BCUT2D eigenvalue weighted by Gasteiger charge is -2.06. The Kier molecular flexibility index (Phi) is 4.72. The zero-order valence-corrected chi connectivity index (χ0v) is 14.9. The third kappa shape index (κ3) is 3.93. The molecule has 2 aromatic heterocycles. The standard InChI is InChI=1S/C14H12Br2N4S/c15-13-5-12(21-14(13)16)6-18-11-3-1-10(2-4-11)7-20-9-17-8-19-20/h1-5,8-9,18H,6-7H2. The second kappa shape index (κ2) is 6.72. The lowest BCUT2D eigenvalue weighted by Crippen LogP contribution is -2.01. The topological polar surface area (TPSA) is 42.7 Å². The van der Waals surface area contributed by atoms with E-state index in [4.69, 9.17) is 0 Å². The lowest BCUT2D eigenvalue weighted by molar-refractivity contribution is 0.685. The molecule has 3 rings (SSSR count). The maximum absolute atomic E-state index is 4.10. The summed E-state index contributed by atoms with van der Waals surface area (Å²) in [5, 5.41) is 7.52. The molecule has 0 fully saturated rings. The van der Waals surface area contributed by atoms with Crippen LogP contribution in [0, 0.1) is 0 Å². The van der Waals surface area contributed by atoms with E-state index in [2.05, 4.69) is 77.6 Å². The van der Waals surface area contributed by atoms with Crippen LogP contribution in [0.4, 0.5) is 5.69 Å². The van der Waals surface area contributed by atoms with E-state index in [9.17, 15) is 0 Å². The van der Waals surface area contributed by atoms with Gasteiger partial charge in [0.1, 0.15) is 12.7 Å². The molecule has 0 atom stereocenters. The smallest absolute Gasteiger partial charge is 0.137 e. The Bertz CT molecular complexity index is 688. The molecule has 1 N–H and O–H groups in total. The molecule has 4 nitrogen and oxygen atoms in total. The maximum Gasteiger partial charge on any atom is 0.137 e. The van der Waals surface area contributed by atoms with Crippen LogP contribution in [0.25, 0.3) is 0 Å². The van der Waals surface area contributed by atoms with Crippen LogP contribution in [0.2, 0.25) is 0 Å². The number of hydrogen-bond acceptors (Lipinski definition) is 4. The fraction of sp³-hybridized carbons (Fsp3) is 0.143. The van der Waals surface area contributed by atoms with E-state index in [0.717, 1.165) is 27.0 Å². The first-order valence-electron chi connectivity index (χ1n) is 6.29. The summed E-state index contributed by atoms with van der Waals surface area (Å²) in [6.07, 6.45) is 3.27. The van der Waals surface area contributed by atoms with E-state index in [1.54, 1.807) is 24.0 Å². The number of nitrogens with one attached hydrogen (secondary N) is 1. The molecule has 0 aliphatic carbocycles. The summed E-state index contributed by atoms with van der Waals surface area (Å²) in [5.41, 5.74) is 2.31. The van der Waals surface area contributed by atoms with Crippen LogP contribution in [0.5, 0.6) is 0 Å². The summed E-state index contributed by atoms with van der Waals surface area (Å²) >= 11 is 8.74. The van der Waals surface area contributed by atoms with Crippen LogP contribution in [-0.4, -0.2) is 14.8 Å². The van der Waals surface area contributed by atoms with Crippen LogP contribution in [0.3, 0.4) is 0 Å². The zero-order chi connectivity index (χ0) is 14.7. The second-order valence-corrected chi connectivity index (χ2v) is 7.79. The van der Waals surface area contributed by atoms with Gasteiger partial charge in [0.2, 0.25) is 0 Å². The van der Waals surface area contributed by atoms with E-state index in [1.165, 1.54) is 10.4 Å². The van der Waals surface area contributed by atoms with Gasteiger partial charge >= 0.3 is 0 Å². The van der Waals surface area contributed by atoms with E-state index in [1.807, 2.05) is 4.68 Å². The van der Waals surface area contributed by atoms with Crippen LogP contribution >= 0.6 is 43.2 Å². The molecule has 1 aromatic carbocycles. The van der Waals surface area contributed by atoms with Crippen LogP contribution in [0.15, 0.2) is 51.2 Å². The largest absolute Gasteiger partial charge is 0.380 e. The van der Waals surface area contributed by atoms with Crippen molar-refractivity contribution in [1.82, 2.24) is 14.8 Å². The Morgan fingerprint density at radius 2 is 2.00 bits per heavy atom. The van der Waals surface area contributed by atoms with Gasteiger partial charge in [0, 0.05) is 21.6 Å². The number of rotatable bonds is 5. The summed E-state index contributed by atoms with van der Waals surface area (Å²) < 4.78 is 4.04. The van der Waals surface area contributed by atoms with Crippen LogP contribution in [0.1, 0.15) is 10.4 Å². The van der Waals surface area contributed by atoms with Crippen molar-refractivity contribution >= 4 is 48.9 Å². The van der Waals surface area contributed by atoms with Gasteiger partial charge in [-0.15, -0.1) is 11.3 Å². The SMILES string of the molecule is Brc1cc(CNc2ccc(Cn3cncn3)cc2)sc1Br. The molecule has 2 heterocycles. The Morgan fingerprint density at radius 3 is 2.62 bits per heavy atom. The monoisotopic (exact) mass is 426 g/mol. The molecule has 0 unspecified atom stereocenters. The first-order valence-corrected chi connectivity index (χ1v) is 8.70. The van der Waals surface area contributed by atoms with Crippen molar-refractivity contribution in [1.29, 1.82) is 0 Å². The second-order valence-electron chi connectivity index (χ2n) is 4.48. The van der Waals surface area contributed by atoms with Crippen LogP contribution < -0.4 is 5.32 Å². The van der Waals surface area contributed by atoms with Gasteiger partial charge in [0.15, 0.2) is 0 Å². The molecule has 0 bridgehead atoms. The quantitative estimate of drug-likeness (QED) is 0.650. The molecule has 7 heteroatoms. The number of thiophene rings is 1. The Morgan fingerprint density at radius 1 is 1.19 bits per heavy atom. The minimum atomic E-state index is 0.741. The Balaban J connectivity index is 1.59. The summed E-state index contributed by atoms with van der Waals surface area (Å²) in [4.78, 5) is 5.22. The maximum atomic E-state index is 4.10. The van der Waals surface area contributed by atoms with Gasteiger partial charge in [-0.25, -0.2) is 9.67 Å². The molecule has 0 aliphatic heterocycles. The van der Waals surface area contributed by atoms with Crippen molar-refractivity contribution in [2.24, 2.45) is 0 Å². The predicted molar refractivity (Wildman–Crippen MR) is 92.6 cm³/mol. The number of halogens is 2. The average molecular weight is 428 g/mol. The highest BCUT2D eigenvalue weighted by Gasteiger charge is 2.04. The van der Waals surface area contributed by atoms with Gasteiger partial charge in [0.05, 0.1) is 10.3 Å². The normalized spacial score (nSPS) is 10.8. The highest BCUT2D eigenvalue weighted by molar-refractivity contribution is 9.13. The molecular formula is C14H12Br2N4S. The lowest BCUT2D eigenvalue weighted by atomic mass is 10.2. The number of benzene rings is 1. The zero-order valence-electron chi connectivity index (χ0n) is 11.0. The first-order chi connectivity index (χ1) is 10.2. The molecule has 0 saturated heterocycles. The van der Waals surface area contributed by atoms with Crippen molar-refractivity contribution < 1.29 is 0 Å². The van der Waals surface area contributed by atoms with Crippen molar-refractivity contribution in [3.63, 3.8) is 0 Å². The first kappa shape index (κ1) is 14.7. The van der Waals surface area contributed by atoms with Gasteiger partial charge < -0.3 is 5.32 Å². The average Bonchev–Trinajstić information content (AvgIpc) is 3.09. The molecule has 0 radical (unpaired) electrons. The molecular weight excluding hydrogens is 416 g/mol. The van der Waals surface area contributed by atoms with E-state index in [0.29, 0.717) is 0 Å². The number of hydrogen-bond donors (Lipinski definition) is 1. The number of anilines is 1. The third-order valence-corrected chi connectivity index (χ3v) is 6.18. The molecule has 3 aromatic rings. The highest BCUT2D eigenvalue weighted by Crippen LogP contribution is 2.32. The highest BCUT2D eigenvalue weighted by atomic mass is 79.9. The summed E-state index contributed by atoms with van der Waals surface area (Å²) in [5.74, 6) is 0. The Hall–Kier alpha value is -1.18. The van der Waals surface area contributed by atoms with Gasteiger partial charge in [-0.3, -0.25) is 0 Å². The third-order valence-electron chi connectivity index (χ3n) is 2.93. The van der Waals surface area contributed by atoms with E-state index >= 15 is 0 Å². The van der Waals surface area contributed by atoms with Crippen molar-refractivity contribution in [3.05, 3.63) is 61.7 Å². The molecule has 0 spiro atoms. The molecule has 0 saturated carbocycles. The minimum Gasteiger partial charge on any atom is -0.380 e. The molecule has 0 amide bonds. The predicted octanol–water partition coefficient (Wildman–Crippen LogP) is 4.53. The number of nitrogens with zero attached hydrogens (tertiary/aromatic N) is 3.